The second kappa shape index (κ2) is 17.6. The lowest BCUT2D eigenvalue weighted by molar-refractivity contribution is -0.142. The molecule has 1 heterocycles. The van der Waals surface area contributed by atoms with Gasteiger partial charge in [-0.1, -0.05) is 101 Å². The highest BCUT2D eigenvalue weighted by Crippen LogP contribution is 2.22. The van der Waals surface area contributed by atoms with Crippen molar-refractivity contribution in [2.75, 3.05) is 13.2 Å². The average Bonchev–Trinajstić information content (AvgIpc) is 3.44. The van der Waals surface area contributed by atoms with Gasteiger partial charge in [-0.05, 0) is 36.3 Å². The van der Waals surface area contributed by atoms with Gasteiger partial charge in [-0.3, -0.25) is 19.2 Å². The summed E-state index contributed by atoms with van der Waals surface area (Å²) in [5, 5.41) is 3.02. The van der Waals surface area contributed by atoms with E-state index in [0.29, 0.717) is 26.2 Å². The van der Waals surface area contributed by atoms with Gasteiger partial charge in [-0.25, -0.2) is 5.48 Å². The van der Waals surface area contributed by atoms with Gasteiger partial charge < -0.3 is 15.0 Å². The summed E-state index contributed by atoms with van der Waals surface area (Å²) in [5.74, 6) is -1.33. The molecule has 2 N–H and O–H groups in total. The first-order valence-corrected chi connectivity index (χ1v) is 15.1. The monoisotopic (exact) mass is 565 g/mol. The maximum atomic E-state index is 13.7. The van der Waals surface area contributed by atoms with E-state index in [2.05, 4.69) is 17.7 Å². The number of unbranched alkanes of at least 4 members (excludes halogenated alkanes) is 2. The summed E-state index contributed by atoms with van der Waals surface area (Å²) in [6, 6.07) is 18.9. The van der Waals surface area contributed by atoms with E-state index < -0.39 is 12.0 Å². The van der Waals surface area contributed by atoms with E-state index in [1.165, 1.54) is 0 Å². The van der Waals surface area contributed by atoms with E-state index in [1.54, 1.807) is 0 Å². The van der Waals surface area contributed by atoms with Gasteiger partial charge in [0.1, 0.15) is 6.04 Å². The number of nitrogens with zero attached hydrogens (tertiary/aromatic N) is 1. The van der Waals surface area contributed by atoms with Gasteiger partial charge in [-0.15, -0.1) is 0 Å². The predicted molar refractivity (Wildman–Crippen MR) is 159 cm³/mol. The second-order valence-corrected chi connectivity index (χ2v) is 11.3. The van der Waals surface area contributed by atoms with Crippen molar-refractivity contribution in [1.82, 2.24) is 15.7 Å². The van der Waals surface area contributed by atoms with Gasteiger partial charge in [-0.2, -0.15) is 0 Å². The summed E-state index contributed by atoms with van der Waals surface area (Å²) in [7, 11) is 0. The second-order valence-electron chi connectivity index (χ2n) is 11.3. The van der Waals surface area contributed by atoms with E-state index >= 15 is 0 Å². The van der Waals surface area contributed by atoms with Gasteiger partial charge >= 0.3 is 0 Å². The first-order chi connectivity index (χ1) is 19.9. The molecule has 1 unspecified atom stereocenters. The number of hydrogen-bond acceptors (Lipinski definition) is 5. The normalized spacial score (nSPS) is 16.4. The van der Waals surface area contributed by atoms with Crippen LogP contribution in [0, 0.1) is 11.8 Å². The van der Waals surface area contributed by atoms with Crippen molar-refractivity contribution in [3.63, 3.8) is 0 Å². The van der Waals surface area contributed by atoms with Crippen LogP contribution in [-0.2, 0) is 37.2 Å². The largest absolute Gasteiger partial charge is 0.375 e. The fourth-order valence-corrected chi connectivity index (χ4v) is 5.16. The number of likely N-dealkylation sites (tertiary alicyclic amines) is 1. The molecule has 1 saturated heterocycles. The average molecular weight is 566 g/mol. The number of carbonyl (C=O) groups excluding carboxylic acids is 3. The summed E-state index contributed by atoms with van der Waals surface area (Å²) >= 11 is 0. The van der Waals surface area contributed by atoms with Gasteiger partial charge in [0.05, 0.1) is 25.9 Å². The van der Waals surface area contributed by atoms with Gasteiger partial charge in [0.25, 0.3) is 0 Å². The van der Waals surface area contributed by atoms with Crippen LogP contribution in [0.25, 0.3) is 0 Å². The Balaban J connectivity index is 1.56. The molecule has 41 heavy (non-hydrogen) atoms. The molecule has 1 aliphatic rings. The van der Waals surface area contributed by atoms with Crippen LogP contribution in [0.2, 0.25) is 0 Å². The highest BCUT2D eigenvalue weighted by molar-refractivity contribution is 5.91. The Labute approximate surface area is 245 Å². The molecular formula is C33H47N3O5. The third-order valence-electron chi connectivity index (χ3n) is 7.54. The molecular weight excluding hydrogens is 518 g/mol. The van der Waals surface area contributed by atoms with Crippen LogP contribution in [0.1, 0.15) is 76.8 Å². The lowest BCUT2D eigenvalue weighted by Crippen LogP contribution is -2.54. The highest BCUT2D eigenvalue weighted by Gasteiger charge is 2.36. The lowest BCUT2D eigenvalue weighted by Gasteiger charge is -2.32. The summed E-state index contributed by atoms with van der Waals surface area (Å²) in [5.41, 5.74) is 4.52. The molecule has 0 aromatic heterocycles. The fraction of sp³-hybridized carbons (Fsp3) is 0.545. The zero-order valence-electron chi connectivity index (χ0n) is 24.8. The molecule has 1 fully saturated rings. The number of benzene rings is 2. The quantitative estimate of drug-likeness (QED) is 0.204. The molecule has 0 bridgehead atoms. The van der Waals surface area contributed by atoms with E-state index in [1.807, 2.05) is 79.4 Å². The van der Waals surface area contributed by atoms with Crippen LogP contribution in [0.3, 0.4) is 0 Å². The molecule has 1 aliphatic heterocycles. The van der Waals surface area contributed by atoms with Crippen molar-refractivity contribution in [3.05, 3.63) is 71.8 Å². The minimum Gasteiger partial charge on any atom is -0.375 e. The van der Waals surface area contributed by atoms with E-state index in [9.17, 15) is 14.4 Å². The number of carbonyl (C=O) groups is 3. The third-order valence-corrected chi connectivity index (χ3v) is 7.54. The zero-order chi connectivity index (χ0) is 29.5. The summed E-state index contributed by atoms with van der Waals surface area (Å²) < 4.78 is 5.97. The Bertz CT molecular complexity index is 1060. The minimum atomic E-state index is -0.664. The van der Waals surface area contributed by atoms with Gasteiger partial charge in [0.2, 0.25) is 17.7 Å². The standard InChI is InChI=1S/C33H47N3O5/c1-4-5-8-18-28(21-30(37)35-41-23-27-16-11-7-12-17-27)32(38)34-31(25(2)3)33(39)36-20-13-19-29(36)24-40-22-26-14-9-6-10-15-26/h6-7,9-12,14-17,25,28-29,31H,4-5,8,13,18-24H2,1-3H3,(H,34,38)(H,35,37)/t28-,29+,31?/m1/s1. The number of hydroxylamine groups is 1. The lowest BCUT2D eigenvalue weighted by atomic mass is 9.94. The van der Waals surface area contributed by atoms with Crippen molar-refractivity contribution < 1.29 is 24.0 Å². The zero-order valence-corrected chi connectivity index (χ0v) is 24.8. The Morgan fingerprint density at radius 1 is 0.951 bits per heavy atom. The maximum Gasteiger partial charge on any atom is 0.245 e. The van der Waals surface area contributed by atoms with Crippen LogP contribution in [0.15, 0.2) is 60.7 Å². The predicted octanol–water partition coefficient (Wildman–Crippen LogP) is 5.17. The molecule has 0 saturated carbocycles. The van der Waals surface area contributed by atoms with Crippen molar-refractivity contribution >= 4 is 17.7 Å². The van der Waals surface area contributed by atoms with Crippen LogP contribution in [0.4, 0.5) is 0 Å². The maximum absolute atomic E-state index is 13.7. The molecule has 8 nitrogen and oxygen atoms in total. The molecule has 3 rings (SSSR count). The molecule has 0 spiro atoms. The molecule has 0 aliphatic carbocycles. The van der Waals surface area contributed by atoms with Crippen LogP contribution < -0.4 is 10.8 Å². The molecule has 3 amide bonds. The van der Waals surface area contributed by atoms with Gasteiger partial charge in [0, 0.05) is 18.9 Å². The fourth-order valence-electron chi connectivity index (χ4n) is 5.16. The van der Waals surface area contributed by atoms with Crippen molar-refractivity contribution in [1.29, 1.82) is 0 Å². The summed E-state index contributed by atoms with van der Waals surface area (Å²) in [6.07, 6.45) is 5.18. The minimum absolute atomic E-state index is 0.00298. The molecule has 8 heteroatoms. The van der Waals surface area contributed by atoms with Crippen LogP contribution >= 0.6 is 0 Å². The smallest absolute Gasteiger partial charge is 0.245 e. The highest BCUT2D eigenvalue weighted by atomic mass is 16.6. The number of ether oxygens (including phenoxy) is 1. The number of nitrogens with one attached hydrogen (secondary N) is 2. The summed E-state index contributed by atoms with van der Waals surface area (Å²) in [4.78, 5) is 47.1. The number of rotatable bonds is 17. The van der Waals surface area contributed by atoms with Crippen molar-refractivity contribution in [2.45, 2.75) is 91.0 Å². The Morgan fingerprint density at radius 3 is 2.24 bits per heavy atom. The Kier molecular flexibility index (Phi) is 13.8. The van der Waals surface area contributed by atoms with Gasteiger partial charge in [0.15, 0.2) is 0 Å². The van der Waals surface area contributed by atoms with E-state index in [0.717, 1.165) is 43.2 Å². The summed E-state index contributed by atoms with van der Waals surface area (Å²) in [6.45, 7) is 7.84. The van der Waals surface area contributed by atoms with E-state index in [-0.39, 0.29) is 42.7 Å². The molecule has 0 radical (unpaired) electrons. The molecule has 224 valence electrons. The van der Waals surface area contributed by atoms with Crippen molar-refractivity contribution in [3.8, 4) is 0 Å². The van der Waals surface area contributed by atoms with Crippen LogP contribution in [-0.4, -0.2) is 47.9 Å². The molecule has 2 aromatic rings. The third kappa shape index (κ3) is 10.9. The first-order valence-electron chi connectivity index (χ1n) is 15.1. The number of hydrogen-bond donors (Lipinski definition) is 2. The number of amides is 3. The van der Waals surface area contributed by atoms with E-state index in [4.69, 9.17) is 9.57 Å². The topological polar surface area (TPSA) is 97.0 Å². The Hall–Kier alpha value is -3.23. The molecule has 3 atom stereocenters. The van der Waals surface area contributed by atoms with Crippen molar-refractivity contribution in [2.24, 2.45) is 11.8 Å². The first kappa shape index (κ1) is 32.3. The Morgan fingerprint density at radius 2 is 1.61 bits per heavy atom. The van der Waals surface area contributed by atoms with Crippen LogP contribution in [0.5, 0.6) is 0 Å². The molecule has 2 aromatic carbocycles. The SMILES string of the molecule is CCCCC[C@H](CC(=O)NOCc1ccccc1)C(=O)NC(C(=O)N1CCC[C@H]1COCc1ccccc1)C(C)C.